The number of benzene rings is 2. The van der Waals surface area contributed by atoms with Crippen molar-refractivity contribution in [3.8, 4) is 0 Å². The Bertz CT molecular complexity index is 980. The Morgan fingerprint density at radius 1 is 1.03 bits per heavy atom. The molecule has 4 nitrogen and oxygen atoms in total. The summed E-state index contributed by atoms with van der Waals surface area (Å²) in [6, 6.07) is 18.0. The number of likely N-dealkylation sites (N-methyl/N-ethyl adjacent to an activating group) is 1. The molecule has 0 bridgehead atoms. The average molecular weight is 446 g/mol. The van der Waals surface area contributed by atoms with Crippen LogP contribution < -0.4 is 10.6 Å². The van der Waals surface area contributed by atoms with E-state index in [0.717, 1.165) is 17.7 Å². The first-order valence-corrected chi connectivity index (χ1v) is 10.3. The fourth-order valence-electron chi connectivity index (χ4n) is 3.22. The van der Waals surface area contributed by atoms with Crippen LogP contribution in [0.15, 0.2) is 66.7 Å². The van der Waals surface area contributed by atoms with E-state index in [1.165, 1.54) is 12.1 Å². The van der Waals surface area contributed by atoms with Crippen LogP contribution in [0.4, 0.5) is 4.39 Å². The van der Waals surface area contributed by atoms with Gasteiger partial charge in [-0.05, 0) is 60.4 Å². The summed E-state index contributed by atoms with van der Waals surface area (Å²) in [6.07, 6.45) is 1.41. The van der Waals surface area contributed by atoms with E-state index < -0.39 is 6.04 Å². The Morgan fingerprint density at radius 3 is 2.37 bits per heavy atom. The zero-order valence-electron chi connectivity index (χ0n) is 16.4. The van der Waals surface area contributed by atoms with Crippen LogP contribution in [0.1, 0.15) is 35.3 Å². The molecule has 156 valence electrons. The Hall–Kier alpha value is -2.47. The summed E-state index contributed by atoms with van der Waals surface area (Å²) in [6.45, 7) is 0. The normalized spacial score (nSPS) is 12.9. The summed E-state index contributed by atoms with van der Waals surface area (Å²) in [4.78, 5) is 17.1. The van der Waals surface area contributed by atoms with Gasteiger partial charge in [-0.2, -0.15) is 0 Å². The number of nitrogens with one attached hydrogen (secondary N) is 2. The van der Waals surface area contributed by atoms with E-state index >= 15 is 0 Å². The molecule has 1 aromatic heterocycles. The first-order valence-electron chi connectivity index (χ1n) is 9.56. The maximum atomic E-state index is 13.4. The Kier molecular flexibility index (Phi) is 7.80. The number of aryl methyl sites for hydroxylation is 1. The SMILES string of the molecule is CNC(=O)C(NC(CCc1ccc(Cl)cc1)c1cccc(Cl)n1)c1ccc(F)cc1. The molecule has 0 fully saturated rings. The first-order chi connectivity index (χ1) is 14.5. The van der Waals surface area contributed by atoms with Crippen molar-refractivity contribution in [3.05, 3.63) is 99.5 Å². The number of hydrogen-bond donors (Lipinski definition) is 2. The number of carbonyl (C=O) groups excluding carboxylic acids is 1. The van der Waals surface area contributed by atoms with Crippen LogP contribution in [-0.2, 0) is 11.2 Å². The van der Waals surface area contributed by atoms with Crippen LogP contribution in [0.25, 0.3) is 0 Å². The Balaban J connectivity index is 1.87. The Morgan fingerprint density at radius 2 is 1.73 bits per heavy atom. The molecule has 7 heteroatoms. The van der Waals surface area contributed by atoms with Crippen molar-refractivity contribution >= 4 is 29.1 Å². The van der Waals surface area contributed by atoms with E-state index in [4.69, 9.17) is 23.2 Å². The summed E-state index contributed by atoms with van der Waals surface area (Å²) in [5, 5.41) is 7.11. The highest BCUT2D eigenvalue weighted by Gasteiger charge is 2.25. The highest BCUT2D eigenvalue weighted by atomic mass is 35.5. The van der Waals surface area contributed by atoms with E-state index in [2.05, 4.69) is 15.6 Å². The van der Waals surface area contributed by atoms with Crippen LogP contribution in [-0.4, -0.2) is 17.9 Å². The van der Waals surface area contributed by atoms with E-state index in [0.29, 0.717) is 22.2 Å². The molecule has 0 spiro atoms. The standard InChI is InChI=1S/C23H22Cl2FN3O/c1-27-23(30)22(16-8-12-18(26)13-9-16)29-20(19-3-2-4-21(25)28-19)14-7-15-5-10-17(24)11-6-15/h2-6,8-13,20,22,29H,7,14H2,1H3,(H,27,30). The van der Waals surface area contributed by atoms with Crippen molar-refractivity contribution in [1.82, 2.24) is 15.6 Å². The van der Waals surface area contributed by atoms with Gasteiger partial charge in [0.2, 0.25) is 5.91 Å². The molecule has 0 saturated heterocycles. The van der Waals surface area contributed by atoms with Crippen LogP contribution in [0.5, 0.6) is 0 Å². The van der Waals surface area contributed by atoms with Gasteiger partial charge in [-0.25, -0.2) is 9.37 Å². The van der Waals surface area contributed by atoms with Crippen LogP contribution in [0.3, 0.4) is 0 Å². The van der Waals surface area contributed by atoms with Crippen molar-refractivity contribution in [2.75, 3.05) is 7.05 Å². The number of pyridine rings is 1. The Labute approximate surface area is 185 Å². The lowest BCUT2D eigenvalue weighted by Crippen LogP contribution is -2.38. The molecule has 0 saturated carbocycles. The lowest BCUT2D eigenvalue weighted by atomic mass is 9.99. The third-order valence-electron chi connectivity index (χ3n) is 4.81. The summed E-state index contributed by atoms with van der Waals surface area (Å²) in [5.41, 5.74) is 2.51. The molecule has 0 radical (unpaired) electrons. The molecule has 30 heavy (non-hydrogen) atoms. The predicted molar refractivity (Wildman–Crippen MR) is 118 cm³/mol. The number of nitrogens with zero attached hydrogens (tertiary/aromatic N) is 1. The molecule has 0 aliphatic rings. The monoisotopic (exact) mass is 445 g/mol. The maximum Gasteiger partial charge on any atom is 0.241 e. The second kappa shape index (κ2) is 10.5. The highest BCUT2D eigenvalue weighted by molar-refractivity contribution is 6.30. The van der Waals surface area contributed by atoms with Crippen molar-refractivity contribution in [2.24, 2.45) is 0 Å². The molecule has 3 rings (SSSR count). The average Bonchev–Trinajstić information content (AvgIpc) is 2.75. The third-order valence-corrected chi connectivity index (χ3v) is 5.27. The van der Waals surface area contributed by atoms with Crippen molar-refractivity contribution in [2.45, 2.75) is 24.9 Å². The quantitative estimate of drug-likeness (QED) is 0.463. The molecule has 2 aromatic carbocycles. The minimum Gasteiger partial charge on any atom is -0.358 e. The van der Waals surface area contributed by atoms with E-state index in [9.17, 15) is 9.18 Å². The minimum absolute atomic E-state index is 0.222. The fourth-order valence-corrected chi connectivity index (χ4v) is 3.52. The van der Waals surface area contributed by atoms with Gasteiger partial charge in [0.1, 0.15) is 17.0 Å². The molecule has 1 amide bonds. The van der Waals surface area contributed by atoms with Crippen LogP contribution in [0.2, 0.25) is 10.2 Å². The molecule has 0 aliphatic carbocycles. The second-order valence-corrected chi connectivity index (χ2v) is 7.69. The van der Waals surface area contributed by atoms with Gasteiger partial charge in [-0.3, -0.25) is 10.1 Å². The molecular weight excluding hydrogens is 424 g/mol. The van der Waals surface area contributed by atoms with E-state index in [1.807, 2.05) is 36.4 Å². The van der Waals surface area contributed by atoms with Gasteiger partial charge in [-0.1, -0.05) is 53.5 Å². The lowest BCUT2D eigenvalue weighted by molar-refractivity contribution is -0.123. The van der Waals surface area contributed by atoms with Gasteiger partial charge >= 0.3 is 0 Å². The molecule has 2 atom stereocenters. The van der Waals surface area contributed by atoms with E-state index in [1.54, 1.807) is 25.2 Å². The molecular formula is C23H22Cl2FN3O. The zero-order valence-corrected chi connectivity index (χ0v) is 17.9. The van der Waals surface area contributed by atoms with Crippen LogP contribution >= 0.6 is 23.2 Å². The molecule has 1 heterocycles. The minimum atomic E-state index is -0.674. The number of carbonyl (C=O) groups is 1. The molecule has 2 unspecified atom stereocenters. The smallest absolute Gasteiger partial charge is 0.241 e. The van der Waals surface area contributed by atoms with Crippen LogP contribution in [0, 0.1) is 5.82 Å². The van der Waals surface area contributed by atoms with Crippen molar-refractivity contribution < 1.29 is 9.18 Å². The number of amides is 1. The first kappa shape index (κ1) is 22.2. The van der Waals surface area contributed by atoms with E-state index in [-0.39, 0.29) is 17.8 Å². The van der Waals surface area contributed by atoms with Gasteiger partial charge in [0.25, 0.3) is 0 Å². The van der Waals surface area contributed by atoms with Crippen molar-refractivity contribution in [3.63, 3.8) is 0 Å². The molecule has 3 aromatic rings. The summed E-state index contributed by atoms with van der Waals surface area (Å²) in [5.74, 6) is -0.578. The largest absolute Gasteiger partial charge is 0.358 e. The highest BCUT2D eigenvalue weighted by Crippen LogP contribution is 2.25. The number of rotatable bonds is 8. The zero-order chi connectivity index (χ0) is 21.5. The summed E-state index contributed by atoms with van der Waals surface area (Å²) in [7, 11) is 1.57. The number of aromatic nitrogens is 1. The topological polar surface area (TPSA) is 54.0 Å². The van der Waals surface area contributed by atoms with Gasteiger partial charge < -0.3 is 5.32 Å². The van der Waals surface area contributed by atoms with Gasteiger partial charge in [-0.15, -0.1) is 0 Å². The molecule has 2 N–H and O–H groups in total. The third kappa shape index (κ3) is 6.02. The van der Waals surface area contributed by atoms with Gasteiger partial charge in [0, 0.05) is 12.1 Å². The number of hydrogen-bond acceptors (Lipinski definition) is 3. The summed E-state index contributed by atoms with van der Waals surface area (Å²) >= 11 is 12.1. The maximum absolute atomic E-state index is 13.4. The molecule has 0 aliphatic heterocycles. The predicted octanol–water partition coefficient (Wildman–Crippen LogP) is 5.28. The fraction of sp³-hybridized carbons (Fsp3) is 0.217. The van der Waals surface area contributed by atoms with Gasteiger partial charge in [0.05, 0.1) is 11.7 Å². The second-order valence-electron chi connectivity index (χ2n) is 6.87. The lowest BCUT2D eigenvalue weighted by Gasteiger charge is -2.25. The van der Waals surface area contributed by atoms with Gasteiger partial charge in [0.15, 0.2) is 0 Å². The number of halogens is 3. The van der Waals surface area contributed by atoms with Crippen molar-refractivity contribution in [1.29, 1.82) is 0 Å². The summed E-state index contributed by atoms with van der Waals surface area (Å²) < 4.78 is 13.4.